The minimum Gasteiger partial charge on any atom is -0.375 e. The van der Waals surface area contributed by atoms with Crippen LogP contribution in [0.5, 0.6) is 0 Å². The topological polar surface area (TPSA) is 76.6 Å². The second-order valence-corrected chi connectivity index (χ2v) is 10.2. The molecule has 0 saturated carbocycles. The molecule has 0 aliphatic carbocycles. The van der Waals surface area contributed by atoms with Crippen molar-refractivity contribution in [3.8, 4) is 0 Å². The maximum atomic E-state index is 6.70. The van der Waals surface area contributed by atoms with E-state index in [0.717, 1.165) is 12.1 Å². The summed E-state index contributed by atoms with van der Waals surface area (Å²) in [6.07, 6.45) is -0.461. The predicted octanol–water partition coefficient (Wildman–Crippen LogP) is 3.04. The number of benzene rings is 1. The van der Waals surface area contributed by atoms with Gasteiger partial charge in [0.1, 0.15) is 24.4 Å². The number of hydrogen-bond acceptors (Lipinski definition) is 8. The van der Waals surface area contributed by atoms with Crippen molar-refractivity contribution in [3.05, 3.63) is 29.8 Å². The minimum absolute atomic E-state index is 0.0842. The zero-order chi connectivity index (χ0) is 21.6. The SMILES string of the molecule is Cc1ccc(N[C@H]2[C@H]3OC(C)(C)O[C@H]3O[C@@]23CC[C@@H]2O[C@@H]4OC(C)(C)O[C@@H]4[C@@H]2O3)cc1. The highest BCUT2D eigenvalue weighted by molar-refractivity contribution is 5.46. The van der Waals surface area contributed by atoms with Gasteiger partial charge in [0.2, 0.25) is 0 Å². The molecule has 8 nitrogen and oxygen atoms in total. The van der Waals surface area contributed by atoms with E-state index in [0.29, 0.717) is 6.42 Å². The molecule has 0 unspecified atom stereocenters. The number of anilines is 1. The van der Waals surface area contributed by atoms with Crippen molar-refractivity contribution in [1.29, 1.82) is 0 Å². The molecule has 0 bridgehead atoms. The standard InChI is InChI=1S/C23H31NO7/c1-12-6-8-13(9-7-12)24-18-17-20(30-22(4,5)27-17)31-23(18)11-10-14-15(28-23)16-19(25-14)29-21(2,3)26-16/h6-9,14-20,24H,10-11H2,1-5H3/t14-,15+,16+,17+,18-,19+,20-,23-/m0/s1. The molecular weight excluding hydrogens is 402 g/mol. The van der Waals surface area contributed by atoms with Crippen molar-refractivity contribution >= 4 is 5.69 Å². The summed E-state index contributed by atoms with van der Waals surface area (Å²) in [7, 11) is 0. The van der Waals surface area contributed by atoms with Gasteiger partial charge in [0.25, 0.3) is 0 Å². The molecule has 1 spiro atoms. The van der Waals surface area contributed by atoms with Crippen LogP contribution in [0.1, 0.15) is 46.1 Å². The van der Waals surface area contributed by atoms with Crippen LogP contribution < -0.4 is 5.32 Å². The summed E-state index contributed by atoms with van der Waals surface area (Å²) < 4.78 is 43.7. The maximum absolute atomic E-state index is 6.70. The summed E-state index contributed by atoms with van der Waals surface area (Å²) >= 11 is 0. The van der Waals surface area contributed by atoms with E-state index in [1.165, 1.54) is 5.56 Å². The molecule has 0 radical (unpaired) electrons. The first kappa shape index (κ1) is 20.4. The van der Waals surface area contributed by atoms with Gasteiger partial charge >= 0.3 is 0 Å². The molecule has 8 heteroatoms. The van der Waals surface area contributed by atoms with Crippen LogP contribution in [0.15, 0.2) is 24.3 Å². The molecule has 1 aromatic rings. The molecule has 5 saturated heterocycles. The fourth-order valence-corrected chi connectivity index (χ4v) is 5.49. The summed E-state index contributed by atoms with van der Waals surface area (Å²) in [6, 6.07) is 8.04. The minimum atomic E-state index is -0.910. The van der Waals surface area contributed by atoms with E-state index in [1.807, 2.05) is 27.7 Å². The third-order valence-corrected chi connectivity index (χ3v) is 6.78. The summed E-state index contributed by atoms with van der Waals surface area (Å²) in [4.78, 5) is 0. The van der Waals surface area contributed by atoms with Crippen molar-refractivity contribution in [2.75, 3.05) is 5.32 Å². The molecule has 5 aliphatic rings. The van der Waals surface area contributed by atoms with Gasteiger partial charge in [-0.05, 0) is 53.2 Å². The van der Waals surface area contributed by atoms with E-state index in [-0.39, 0.29) is 30.5 Å². The predicted molar refractivity (Wildman–Crippen MR) is 109 cm³/mol. The highest BCUT2D eigenvalue weighted by atomic mass is 16.9. The summed E-state index contributed by atoms with van der Waals surface area (Å²) in [5.74, 6) is -2.32. The largest absolute Gasteiger partial charge is 0.375 e. The average Bonchev–Trinajstić information content (AvgIpc) is 3.33. The number of hydrogen-bond donors (Lipinski definition) is 1. The van der Waals surface area contributed by atoms with Crippen LogP contribution in [0.25, 0.3) is 0 Å². The Morgan fingerprint density at radius 1 is 0.774 bits per heavy atom. The number of ether oxygens (including phenoxy) is 7. The fourth-order valence-electron chi connectivity index (χ4n) is 5.49. The van der Waals surface area contributed by atoms with Gasteiger partial charge in [0.05, 0.1) is 6.10 Å². The monoisotopic (exact) mass is 433 g/mol. The fraction of sp³-hybridized carbons (Fsp3) is 0.739. The van der Waals surface area contributed by atoms with E-state index < -0.39 is 29.9 Å². The van der Waals surface area contributed by atoms with Gasteiger partial charge in [0.15, 0.2) is 29.9 Å². The Balaban J connectivity index is 1.30. The van der Waals surface area contributed by atoms with Crippen LogP contribution in [-0.2, 0) is 33.2 Å². The van der Waals surface area contributed by atoms with Crippen LogP contribution in [0.2, 0.25) is 0 Å². The van der Waals surface area contributed by atoms with Crippen LogP contribution in [0, 0.1) is 6.92 Å². The molecule has 1 N–H and O–H groups in total. The average molecular weight is 434 g/mol. The third-order valence-electron chi connectivity index (χ3n) is 6.78. The second-order valence-electron chi connectivity index (χ2n) is 10.2. The summed E-state index contributed by atoms with van der Waals surface area (Å²) in [6.45, 7) is 9.67. The van der Waals surface area contributed by atoms with Gasteiger partial charge in [0, 0.05) is 12.1 Å². The Labute approximate surface area is 182 Å². The Hall–Kier alpha value is -1.26. The summed E-state index contributed by atoms with van der Waals surface area (Å²) in [5.41, 5.74) is 2.19. The number of rotatable bonds is 2. The zero-order valence-corrected chi connectivity index (χ0v) is 18.6. The molecule has 6 rings (SSSR count). The molecule has 1 aromatic carbocycles. The van der Waals surface area contributed by atoms with E-state index in [4.69, 9.17) is 33.2 Å². The molecule has 0 aromatic heterocycles. The Morgan fingerprint density at radius 2 is 1.45 bits per heavy atom. The Morgan fingerprint density at radius 3 is 2.19 bits per heavy atom. The molecule has 170 valence electrons. The van der Waals surface area contributed by atoms with E-state index in [2.05, 4.69) is 36.5 Å². The van der Waals surface area contributed by atoms with Crippen LogP contribution >= 0.6 is 0 Å². The van der Waals surface area contributed by atoms with E-state index >= 15 is 0 Å². The molecule has 31 heavy (non-hydrogen) atoms. The van der Waals surface area contributed by atoms with Crippen molar-refractivity contribution in [2.45, 2.75) is 108 Å². The molecule has 5 fully saturated rings. The van der Waals surface area contributed by atoms with Gasteiger partial charge in [-0.2, -0.15) is 0 Å². The number of nitrogens with one attached hydrogen (secondary N) is 1. The van der Waals surface area contributed by atoms with Gasteiger partial charge in [-0.25, -0.2) is 0 Å². The van der Waals surface area contributed by atoms with E-state index in [9.17, 15) is 0 Å². The van der Waals surface area contributed by atoms with Gasteiger partial charge in [-0.3, -0.25) is 0 Å². The molecule has 5 aliphatic heterocycles. The van der Waals surface area contributed by atoms with E-state index in [1.54, 1.807) is 0 Å². The second kappa shape index (κ2) is 6.63. The normalized spacial score (nSPS) is 46.7. The molecule has 0 amide bonds. The Bertz CT molecular complexity index is 858. The molecule has 5 heterocycles. The first-order valence-corrected chi connectivity index (χ1v) is 11.2. The van der Waals surface area contributed by atoms with Crippen molar-refractivity contribution < 1.29 is 33.2 Å². The highest BCUT2D eigenvalue weighted by Crippen LogP contribution is 2.52. The number of fused-ring (bicyclic) bond motifs is 4. The lowest BCUT2D eigenvalue weighted by atomic mass is 9.91. The molecule has 8 atom stereocenters. The highest BCUT2D eigenvalue weighted by Gasteiger charge is 2.68. The van der Waals surface area contributed by atoms with Gasteiger partial charge in [-0.1, -0.05) is 17.7 Å². The first-order chi connectivity index (χ1) is 14.6. The van der Waals surface area contributed by atoms with Gasteiger partial charge in [-0.15, -0.1) is 0 Å². The first-order valence-electron chi connectivity index (χ1n) is 11.2. The summed E-state index contributed by atoms with van der Waals surface area (Å²) in [5, 5.41) is 3.63. The van der Waals surface area contributed by atoms with Crippen LogP contribution in [0.4, 0.5) is 5.69 Å². The zero-order valence-electron chi connectivity index (χ0n) is 18.6. The van der Waals surface area contributed by atoms with Crippen LogP contribution in [-0.4, -0.2) is 60.4 Å². The quantitative estimate of drug-likeness (QED) is 0.763. The van der Waals surface area contributed by atoms with Crippen molar-refractivity contribution in [1.82, 2.24) is 0 Å². The number of aryl methyl sites for hydroxylation is 1. The maximum Gasteiger partial charge on any atom is 0.195 e. The lowest BCUT2D eigenvalue weighted by Gasteiger charge is -2.44. The smallest absolute Gasteiger partial charge is 0.195 e. The van der Waals surface area contributed by atoms with Gasteiger partial charge < -0.3 is 38.5 Å². The lowest BCUT2D eigenvalue weighted by molar-refractivity contribution is -0.339. The van der Waals surface area contributed by atoms with Crippen molar-refractivity contribution in [2.24, 2.45) is 0 Å². The Kier molecular flexibility index (Phi) is 4.36. The lowest BCUT2D eigenvalue weighted by Crippen LogP contribution is -2.58. The third kappa shape index (κ3) is 3.31. The van der Waals surface area contributed by atoms with Crippen molar-refractivity contribution in [3.63, 3.8) is 0 Å². The molecular formula is C23H31NO7. The van der Waals surface area contributed by atoms with Crippen LogP contribution in [0.3, 0.4) is 0 Å².